The summed E-state index contributed by atoms with van der Waals surface area (Å²) in [4.78, 5) is 29.1. The number of esters is 1. The highest BCUT2D eigenvalue weighted by Gasteiger charge is 2.62. The molecule has 150 valence electrons. The summed E-state index contributed by atoms with van der Waals surface area (Å²) in [5, 5.41) is 13.4. The van der Waals surface area contributed by atoms with Crippen LogP contribution in [0.2, 0.25) is 0 Å². The number of aliphatic hydroxyl groups is 1. The van der Waals surface area contributed by atoms with Gasteiger partial charge in [-0.15, -0.1) is 0 Å². The van der Waals surface area contributed by atoms with Crippen LogP contribution in [0.4, 0.5) is 23.7 Å². The number of nitrogens with zero attached hydrogens (tertiary/aromatic N) is 2. The normalized spacial score (nSPS) is 14.3. The first-order chi connectivity index (χ1) is 12.5. The van der Waals surface area contributed by atoms with Crippen LogP contribution in [0.25, 0.3) is 0 Å². The highest BCUT2D eigenvalue weighted by Crippen LogP contribution is 2.40. The topological polar surface area (TPSA) is 88.4 Å². The molecule has 0 unspecified atom stereocenters. The fraction of sp³-hybridized carbons (Fsp3) is 0.438. The molecule has 0 aromatic heterocycles. The van der Waals surface area contributed by atoms with Crippen LogP contribution < -0.4 is 4.90 Å². The van der Waals surface area contributed by atoms with Crippen LogP contribution in [0.5, 0.6) is 0 Å². The Morgan fingerprint density at radius 3 is 2.22 bits per heavy atom. The summed E-state index contributed by atoms with van der Waals surface area (Å²) >= 11 is 5.61. The Morgan fingerprint density at radius 2 is 1.78 bits per heavy atom. The van der Waals surface area contributed by atoms with E-state index >= 15 is 0 Å². The summed E-state index contributed by atoms with van der Waals surface area (Å²) in [6.07, 6.45) is -5.90. The lowest BCUT2D eigenvalue weighted by atomic mass is 9.93. The van der Waals surface area contributed by atoms with Gasteiger partial charge in [0.05, 0.1) is 6.61 Å². The summed E-state index contributed by atoms with van der Waals surface area (Å²) in [6, 6.07) is 3.90. The molecule has 0 saturated carbocycles. The second kappa shape index (κ2) is 9.05. The minimum absolute atomic E-state index is 0.0526. The van der Waals surface area contributed by atoms with Gasteiger partial charge >= 0.3 is 18.2 Å². The van der Waals surface area contributed by atoms with E-state index in [4.69, 9.17) is 11.6 Å². The number of hydrogen-bond acceptors (Lipinski definition) is 6. The zero-order valence-electron chi connectivity index (χ0n) is 14.7. The number of hydrogen-bond donors (Lipinski definition) is 1. The van der Waals surface area contributed by atoms with Crippen LogP contribution in [0.15, 0.2) is 29.4 Å². The molecule has 1 rings (SSSR count). The summed E-state index contributed by atoms with van der Waals surface area (Å²) < 4.78 is 44.2. The van der Waals surface area contributed by atoms with E-state index in [-0.39, 0.29) is 17.5 Å². The van der Waals surface area contributed by atoms with E-state index in [0.717, 1.165) is 29.2 Å². The standard InChI is InChI=1S/C16H18ClF3N2O5/c1-4-12(17)21-27-14(24)22(3)11-8-6-10(7-9-11)15(25,16(18,19)20)13(23)26-5-2/h6-9,25H,4-5H2,1-3H3/b21-12-/t15-/m1/s1. The Kier molecular flexibility index (Phi) is 7.61. The second-order valence-corrected chi connectivity index (χ2v) is 5.65. The van der Waals surface area contributed by atoms with Crippen LogP contribution in [0, 0.1) is 0 Å². The predicted octanol–water partition coefficient (Wildman–Crippen LogP) is 3.53. The first kappa shape index (κ1) is 22.7. The molecule has 0 heterocycles. The molecule has 0 bridgehead atoms. The number of ether oxygens (including phenoxy) is 1. The Morgan fingerprint density at radius 1 is 1.22 bits per heavy atom. The SMILES string of the molecule is CCOC(=O)[C@](O)(c1ccc(N(C)C(=O)O/N=C(\Cl)CC)cc1)C(F)(F)F. The molecular weight excluding hydrogens is 393 g/mol. The van der Waals surface area contributed by atoms with Gasteiger partial charge in [0.1, 0.15) is 5.17 Å². The molecule has 0 spiro atoms. The molecule has 27 heavy (non-hydrogen) atoms. The number of rotatable bonds is 6. The van der Waals surface area contributed by atoms with E-state index in [9.17, 15) is 27.9 Å². The van der Waals surface area contributed by atoms with Crippen molar-refractivity contribution in [1.82, 2.24) is 0 Å². The molecule has 1 aromatic rings. The molecule has 0 fully saturated rings. The van der Waals surface area contributed by atoms with Crippen LogP contribution >= 0.6 is 11.6 Å². The number of oxime groups is 1. The zero-order valence-corrected chi connectivity index (χ0v) is 15.5. The van der Waals surface area contributed by atoms with E-state index in [1.807, 2.05) is 0 Å². The Labute approximate surface area is 158 Å². The van der Waals surface area contributed by atoms with Crippen LogP contribution in [-0.2, 0) is 20.0 Å². The monoisotopic (exact) mass is 410 g/mol. The van der Waals surface area contributed by atoms with Crippen molar-refractivity contribution in [2.75, 3.05) is 18.6 Å². The lowest BCUT2D eigenvalue weighted by Gasteiger charge is -2.28. The lowest BCUT2D eigenvalue weighted by molar-refractivity contribution is -0.267. The number of carbonyl (C=O) groups excluding carboxylic acids is 2. The summed E-state index contributed by atoms with van der Waals surface area (Å²) in [5.74, 6) is -1.85. The quantitative estimate of drug-likeness (QED) is 0.335. The Hall–Kier alpha value is -2.33. The van der Waals surface area contributed by atoms with Gasteiger partial charge in [0.25, 0.3) is 5.60 Å². The van der Waals surface area contributed by atoms with E-state index in [0.29, 0.717) is 6.42 Å². The highest BCUT2D eigenvalue weighted by atomic mass is 35.5. The molecule has 1 amide bonds. The van der Waals surface area contributed by atoms with Crippen molar-refractivity contribution in [2.45, 2.75) is 32.0 Å². The largest absolute Gasteiger partial charge is 0.463 e. The molecule has 0 radical (unpaired) electrons. The Balaban J connectivity index is 3.11. The number of halogens is 4. The summed E-state index contributed by atoms with van der Waals surface area (Å²) in [5.41, 5.74) is -4.47. The van der Waals surface area contributed by atoms with Crippen LogP contribution in [0.1, 0.15) is 25.8 Å². The average molecular weight is 411 g/mol. The molecule has 7 nitrogen and oxygen atoms in total. The van der Waals surface area contributed by atoms with Crippen molar-refractivity contribution in [2.24, 2.45) is 5.16 Å². The van der Waals surface area contributed by atoms with Gasteiger partial charge in [-0.3, -0.25) is 9.74 Å². The third-order valence-electron chi connectivity index (χ3n) is 3.44. The van der Waals surface area contributed by atoms with Crippen LogP contribution in [-0.4, -0.2) is 42.2 Å². The van der Waals surface area contributed by atoms with Crippen molar-refractivity contribution in [3.63, 3.8) is 0 Å². The summed E-state index contributed by atoms with van der Waals surface area (Å²) in [7, 11) is 1.29. The number of carbonyl (C=O) groups is 2. The molecule has 0 aliphatic carbocycles. The van der Waals surface area contributed by atoms with Gasteiger partial charge in [-0.2, -0.15) is 13.2 Å². The van der Waals surface area contributed by atoms with Gasteiger partial charge in [-0.25, -0.2) is 9.59 Å². The van der Waals surface area contributed by atoms with Gasteiger partial charge < -0.3 is 9.84 Å². The molecule has 0 aliphatic rings. The number of benzene rings is 1. The van der Waals surface area contributed by atoms with Gasteiger partial charge in [-0.1, -0.05) is 35.8 Å². The maximum Gasteiger partial charge on any atom is 0.440 e. The van der Waals surface area contributed by atoms with E-state index in [2.05, 4.69) is 14.7 Å². The van der Waals surface area contributed by atoms with Crippen molar-refractivity contribution in [3.8, 4) is 0 Å². The fourth-order valence-corrected chi connectivity index (χ4v) is 1.91. The van der Waals surface area contributed by atoms with Gasteiger partial charge in [0.2, 0.25) is 0 Å². The number of amides is 1. The molecule has 0 saturated heterocycles. The van der Waals surface area contributed by atoms with E-state index in [1.54, 1.807) is 6.92 Å². The lowest BCUT2D eigenvalue weighted by Crippen LogP contribution is -2.50. The van der Waals surface area contributed by atoms with Gasteiger partial charge in [0.15, 0.2) is 0 Å². The minimum atomic E-state index is -5.31. The third kappa shape index (κ3) is 5.10. The first-order valence-electron chi connectivity index (χ1n) is 7.72. The fourth-order valence-electron chi connectivity index (χ4n) is 1.88. The average Bonchev–Trinajstić information content (AvgIpc) is 2.63. The highest BCUT2D eigenvalue weighted by molar-refractivity contribution is 6.65. The smallest absolute Gasteiger partial charge is 0.440 e. The minimum Gasteiger partial charge on any atom is -0.463 e. The van der Waals surface area contributed by atoms with Gasteiger partial charge in [-0.05, 0) is 19.1 Å². The maximum absolute atomic E-state index is 13.3. The molecule has 1 atom stereocenters. The Bertz CT molecular complexity index is 709. The van der Waals surface area contributed by atoms with Crippen molar-refractivity contribution >= 4 is 34.5 Å². The zero-order chi connectivity index (χ0) is 20.8. The molecule has 1 aromatic carbocycles. The molecule has 1 N–H and O–H groups in total. The van der Waals surface area contributed by atoms with Gasteiger partial charge in [0, 0.05) is 24.7 Å². The van der Waals surface area contributed by atoms with Crippen molar-refractivity contribution in [3.05, 3.63) is 29.8 Å². The number of alkyl halides is 3. The van der Waals surface area contributed by atoms with E-state index in [1.165, 1.54) is 14.0 Å². The third-order valence-corrected chi connectivity index (χ3v) is 3.78. The maximum atomic E-state index is 13.3. The van der Waals surface area contributed by atoms with E-state index < -0.39 is 29.4 Å². The van der Waals surface area contributed by atoms with Crippen molar-refractivity contribution < 1.29 is 37.4 Å². The first-order valence-corrected chi connectivity index (χ1v) is 8.10. The summed E-state index contributed by atoms with van der Waals surface area (Å²) in [6.45, 7) is 2.66. The van der Waals surface area contributed by atoms with Crippen LogP contribution in [0.3, 0.4) is 0 Å². The molecule has 11 heteroatoms. The number of anilines is 1. The molecule has 0 aliphatic heterocycles. The molecular formula is C16H18ClF3N2O5. The van der Waals surface area contributed by atoms with Crippen molar-refractivity contribution in [1.29, 1.82) is 0 Å². The predicted molar refractivity (Wildman–Crippen MR) is 91.5 cm³/mol. The second-order valence-electron chi connectivity index (χ2n) is 5.21.